The van der Waals surface area contributed by atoms with E-state index in [9.17, 15) is 0 Å². The van der Waals surface area contributed by atoms with Gasteiger partial charge in [-0.05, 0) is 29.9 Å². The summed E-state index contributed by atoms with van der Waals surface area (Å²) in [5, 5.41) is 2.22. The van der Waals surface area contributed by atoms with Gasteiger partial charge in [0, 0.05) is 24.5 Å². The number of hydrogen-bond acceptors (Lipinski definition) is 2. The number of thiophene rings is 1. The summed E-state index contributed by atoms with van der Waals surface area (Å²) in [5.41, 5.74) is 1.57. The molecule has 0 aromatic carbocycles. The Morgan fingerprint density at radius 3 is 3.00 bits per heavy atom. The van der Waals surface area contributed by atoms with Crippen LogP contribution >= 0.6 is 23.7 Å². The molecule has 1 nitrogen and oxygen atoms in total. The summed E-state index contributed by atoms with van der Waals surface area (Å²) in [6, 6.07) is 2.28. The maximum atomic E-state index is 3.78. The zero-order valence-corrected chi connectivity index (χ0v) is 9.87. The lowest BCUT2D eigenvalue weighted by Gasteiger charge is -2.16. The van der Waals surface area contributed by atoms with Crippen molar-refractivity contribution in [2.45, 2.75) is 12.8 Å². The van der Waals surface area contributed by atoms with Crippen LogP contribution in [0.1, 0.15) is 10.4 Å². The van der Waals surface area contributed by atoms with Crippen LogP contribution in [0.2, 0.25) is 0 Å². The van der Waals surface area contributed by atoms with E-state index in [1.54, 1.807) is 10.4 Å². The third-order valence-electron chi connectivity index (χ3n) is 2.58. The molecule has 0 saturated carbocycles. The first-order valence-electron chi connectivity index (χ1n) is 4.78. The van der Waals surface area contributed by atoms with Crippen LogP contribution in [-0.2, 0) is 12.8 Å². The molecule has 1 aromatic rings. The van der Waals surface area contributed by atoms with Gasteiger partial charge in [-0.15, -0.1) is 30.3 Å². The van der Waals surface area contributed by atoms with E-state index in [1.165, 1.54) is 25.9 Å². The van der Waals surface area contributed by atoms with Gasteiger partial charge in [-0.1, -0.05) is 6.08 Å². The summed E-state index contributed by atoms with van der Waals surface area (Å²) < 4.78 is 0. The molecule has 1 aliphatic heterocycles. The molecule has 14 heavy (non-hydrogen) atoms. The van der Waals surface area contributed by atoms with Gasteiger partial charge in [0.25, 0.3) is 0 Å². The van der Waals surface area contributed by atoms with Gasteiger partial charge in [-0.25, -0.2) is 0 Å². The highest BCUT2D eigenvalue weighted by molar-refractivity contribution is 7.10. The van der Waals surface area contributed by atoms with E-state index >= 15 is 0 Å². The molecule has 2 rings (SSSR count). The number of rotatable bonds is 2. The second kappa shape index (κ2) is 5.54. The van der Waals surface area contributed by atoms with Gasteiger partial charge in [0.2, 0.25) is 0 Å². The first kappa shape index (κ1) is 11.8. The van der Waals surface area contributed by atoms with Crippen molar-refractivity contribution >= 4 is 23.7 Å². The van der Waals surface area contributed by atoms with E-state index in [-0.39, 0.29) is 12.4 Å². The molecule has 0 aliphatic carbocycles. The Bertz CT molecular complexity index is 273. The van der Waals surface area contributed by atoms with Crippen molar-refractivity contribution in [2.75, 3.05) is 19.6 Å². The number of fused-ring (bicyclic) bond motifs is 1. The zero-order valence-electron chi connectivity index (χ0n) is 8.24. The summed E-state index contributed by atoms with van der Waals surface area (Å²) in [6.07, 6.45) is 4.44. The fraction of sp³-hybridized carbons (Fsp3) is 0.455. The summed E-state index contributed by atoms with van der Waals surface area (Å²) in [5.74, 6) is 0. The predicted molar refractivity (Wildman–Crippen MR) is 65.6 cm³/mol. The third-order valence-corrected chi connectivity index (χ3v) is 3.60. The van der Waals surface area contributed by atoms with Crippen LogP contribution in [0.3, 0.4) is 0 Å². The molecule has 0 N–H and O–H groups in total. The van der Waals surface area contributed by atoms with Crippen LogP contribution in [0.25, 0.3) is 0 Å². The molecule has 0 amide bonds. The van der Waals surface area contributed by atoms with E-state index in [0.717, 1.165) is 6.54 Å². The average Bonchev–Trinajstić information content (AvgIpc) is 2.50. The number of hydrogen-bond donors (Lipinski definition) is 0. The molecule has 3 heteroatoms. The Hall–Kier alpha value is -0.310. The van der Waals surface area contributed by atoms with Crippen LogP contribution in [0.5, 0.6) is 0 Å². The summed E-state index contributed by atoms with van der Waals surface area (Å²) in [7, 11) is 0. The smallest absolute Gasteiger partial charge is 0.0160 e. The van der Waals surface area contributed by atoms with Crippen LogP contribution in [-0.4, -0.2) is 24.5 Å². The summed E-state index contributed by atoms with van der Waals surface area (Å²) in [6.45, 7) is 7.20. The van der Waals surface area contributed by atoms with Gasteiger partial charge in [0.1, 0.15) is 0 Å². The van der Waals surface area contributed by atoms with Crippen molar-refractivity contribution in [2.24, 2.45) is 0 Å². The maximum Gasteiger partial charge on any atom is 0.0160 e. The highest BCUT2D eigenvalue weighted by atomic mass is 35.5. The Balaban J connectivity index is 0.000000980. The van der Waals surface area contributed by atoms with E-state index in [2.05, 4.69) is 22.9 Å². The van der Waals surface area contributed by atoms with Crippen LogP contribution < -0.4 is 0 Å². The SMILES string of the molecule is C=CCN1CCc2ccsc2CC1.Cl. The molecule has 1 aromatic heterocycles. The predicted octanol–water partition coefficient (Wildman–Crippen LogP) is 2.76. The minimum Gasteiger partial charge on any atom is -0.299 e. The Morgan fingerprint density at radius 1 is 1.43 bits per heavy atom. The molecule has 78 valence electrons. The maximum absolute atomic E-state index is 3.78. The van der Waals surface area contributed by atoms with Crippen molar-refractivity contribution in [3.8, 4) is 0 Å². The molecule has 0 unspecified atom stereocenters. The lowest BCUT2D eigenvalue weighted by atomic mass is 10.2. The Kier molecular flexibility index (Phi) is 4.66. The molecule has 0 bridgehead atoms. The molecule has 0 radical (unpaired) electrons. The van der Waals surface area contributed by atoms with Gasteiger partial charge >= 0.3 is 0 Å². The van der Waals surface area contributed by atoms with Crippen molar-refractivity contribution in [1.29, 1.82) is 0 Å². The molecule has 2 heterocycles. The minimum atomic E-state index is 0. The number of halogens is 1. The van der Waals surface area contributed by atoms with Crippen molar-refractivity contribution in [3.63, 3.8) is 0 Å². The van der Waals surface area contributed by atoms with Gasteiger partial charge in [0.15, 0.2) is 0 Å². The average molecular weight is 230 g/mol. The van der Waals surface area contributed by atoms with Crippen LogP contribution in [0.15, 0.2) is 24.1 Å². The lowest BCUT2D eigenvalue weighted by Crippen LogP contribution is -2.26. The lowest BCUT2D eigenvalue weighted by molar-refractivity contribution is 0.319. The fourth-order valence-electron chi connectivity index (χ4n) is 1.82. The Labute approximate surface area is 95.8 Å². The molecular formula is C11H16ClNS. The molecule has 0 atom stereocenters. The quantitative estimate of drug-likeness (QED) is 0.705. The van der Waals surface area contributed by atoms with E-state index in [1.807, 2.05) is 17.4 Å². The first-order chi connectivity index (χ1) is 6.40. The topological polar surface area (TPSA) is 3.24 Å². The highest BCUT2D eigenvalue weighted by Gasteiger charge is 2.12. The van der Waals surface area contributed by atoms with Crippen molar-refractivity contribution in [3.05, 3.63) is 34.5 Å². The highest BCUT2D eigenvalue weighted by Crippen LogP contribution is 2.21. The monoisotopic (exact) mass is 229 g/mol. The summed E-state index contributed by atoms with van der Waals surface area (Å²) in [4.78, 5) is 4.06. The third kappa shape index (κ3) is 2.59. The second-order valence-corrected chi connectivity index (χ2v) is 4.46. The van der Waals surface area contributed by atoms with Crippen molar-refractivity contribution < 1.29 is 0 Å². The summed E-state index contributed by atoms with van der Waals surface area (Å²) >= 11 is 1.91. The van der Waals surface area contributed by atoms with Gasteiger partial charge in [-0.2, -0.15) is 0 Å². The van der Waals surface area contributed by atoms with Gasteiger partial charge in [0.05, 0.1) is 0 Å². The van der Waals surface area contributed by atoms with Gasteiger partial charge < -0.3 is 0 Å². The molecule has 0 saturated heterocycles. The second-order valence-electron chi connectivity index (χ2n) is 3.46. The molecular weight excluding hydrogens is 214 g/mol. The normalized spacial score (nSPS) is 16.6. The molecule has 0 fully saturated rings. The minimum absolute atomic E-state index is 0. The van der Waals surface area contributed by atoms with Crippen LogP contribution in [0, 0.1) is 0 Å². The fourth-order valence-corrected chi connectivity index (χ4v) is 2.75. The van der Waals surface area contributed by atoms with E-state index < -0.39 is 0 Å². The largest absolute Gasteiger partial charge is 0.299 e. The van der Waals surface area contributed by atoms with Crippen molar-refractivity contribution in [1.82, 2.24) is 4.90 Å². The number of nitrogens with zero attached hydrogens (tertiary/aromatic N) is 1. The van der Waals surface area contributed by atoms with E-state index in [4.69, 9.17) is 0 Å². The van der Waals surface area contributed by atoms with Crippen LogP contribution in [0.4, 0.5) is 0 Å². The standard InChI is InChI=1S/C11H15NS.ClH/c1-2-6-12-7-3-10-5-9-13-11(10)4-8-12;/h2,5,9H,1,3-4,6-8H2;1H. The first-order valence-corrected chi connectivity index (χ1v) is 5.66. The van der Waals surface area contributed by atoms with E-state index in [0.29, 0.717) is 0 Å². The molecule has 1 aliphatic rings. The zero-order chi connectivity index (χ0) is 9.10. The molecule has 0 spiro atoms. The van der Waals surface area contributed by atoms with Gasteiger partial charge in [-0.3, -0.25) is 4.90 Å². The Morgan fingerprint density at radius 2 is 2.21 bits per heavy atom.